The Morgan fingerprint density at radius 3 is 2.26 bits per heavy atom. The average Bonchev–Trinajstić information content (AvgIpc) is 3.06. The summed E-state index contributed by atoms with van der Waals surface area (Å²) in [6, 6.07) is 45.7. The maximum Gasteiger partial charge on any atom is 0.153 e. The van der Waals surface area contributed by atoms with Gasteiger partial charge >= 0.3 is 0 Å². The van der Waals surface area contributed by atoms with Crippen molar-refractivity contribution in [3.8, 4) is 22.3 Å². The van der Waals surface area contributed by atoms with Crippen molar-refractivity contribution in [1.82, 2.24) is 5.32 Å². The van der Waals surface area contributed by atoms with Gasteiger partial charge in [-0.3, -0.25) is 5.32 Å². The van der Waals surface area contributed by atoms with Crippen molar-refractivity contribution in [2.75, 3.05) is 10.6 Å². The smallest absolute Gasteiger partial charge is 0.153 e. The van der Waals surface area contributed by atoms with Crippen LogP contribution in [0.3, 0.4) is 0 Å². The second kappa shape index (κ2) is 11.2. The summed E-state index contributed by atoms with van der Waals surface area (Å²) in [4.78, 5) is 0. The van der Waals surface area contributed by atoms with Crippen LogP contribution in [0.15, 0.2) is 152 Å². The fourth-order valence-corrected chi connectivity index (χ4v) is 6.19. The first kappa shape index (κ1) is 26.1. The predicted molar refractivity (Wildman–Crippen MR) is 176 cm³/mol. The highest BCUT2D eigenvalue weighted by Crippen LogP contribution is 2.39. The van der Waals surface area contributed by atoms with Crippen LogP contribution >= 0.6 is 0 Å². The van der Waals surface area contributed by atoms with Crippen molar-refractivity contribution in [3.05, 3.63) is 168 Å². The lowest BCUT2D eigenvalue weighted by Gasteiger charge is -2.36. The van der Waals surface area contributed by atoms with Crippen LogP contribution in [-0.4, -0.2) is 6.29 Å². The Morgan fingerprint density at radius 2 is 1.45 bits per heavy atom. The van der Waals surface area contributed by atoms with Crippen LogP contribution in [0.25, 0.3) is 22.3 Å². The molecular weight excluding hydrogens is 510 g/mol. The molecule has 3 nitrogen and oxygen atoms in total. The molecule has 3 heteroatoms. The molecule has 7 rings (SSSR count). The molecule has 0 spiro atoms. The van der Waals surface area contributed by atoms with Crippen molar-refractivity contribution in [2.24, 2.45) is 0 Å². The number of fused-ring (bicyclic) bond motifs is 1. The number of benzene rings is 5. The molecule has 3 atom stereocenters. The Balaban J connectivity index is 1.28. The van der Waals surface area contributed by atoms with Gasteiger partial charge in [0.2, 0.25) is 0 Å². The minimum atomic E-state index is -0.168. The van der Waals surface area contributed by atoms with E-state index in [0.717, 1.165) is 17.8 Å². The van der Waals surface area contributed by atoms with Gasteiger partial charge in [0.15, 0.2) is 6.29 Å². The molecule has 0 radical (unpaired) electrons. The van der Waals surface area contributed by atoms with Gasteiger partial charge in [-0.05, 0) is 58.0 Å². The molecule has 0 fully saturated rings. The molecule has 0 saturated heterocycles. The van der Waals surface area contributed by atoms with Crippen LogP contribution in [0, 0.1) is 0 Å². The van der Waals surface area contributed by atoms with Gasteiger partial charge in [0.1, 0.15) is 0 Å². The van der Waals surface area contributed by atoms with E-state index in [1.807, 2.05) is 0 Å². The first-order chi connectivity index (χ1) is 20.7. The molecule has 2 aliphatic rings. The van der Waals surface area contributed by atoms with E-state index in [2.05, 4.69) is 175 Å². The summed E-state index contributed by atoms with van der Waals surface area (Å²) in [6.07, 6.45) is 9.72. The number of nitrogens with one attached hydrogen (secondary N) is 3. The lowest BCUT2D eigenvalue weighted by atomic mass is 9.76. The molecule has 3 unspecified atom stereocenters. The molecule has 0 amide bonds. The quantitative estimate of drug-likeness (QED) is 0.199. The van der Waals surface area contributed by atoms with Crippen LogP contribution in [0.4, 0.5) is 11.4 Å². The molecule has 3 N–H and O–H groups in total. The Hall–Kier alpha value is -4.86. The zero-order valence-corrected chi connectivity index (χ0v) is 23.8. The van der Waals surface area contributed by atoms with Crippen LogP contribution in [0.2, 0.25) is 0 Å². The number of rotatable bonds is 6. The summed E-state index contributed by atoms with van der Waals surface area (Å²) in [7, 11) is 0. The van der Waals surface area contributed by atoms with Crippen LogP contribution in [0.1, 0.15) is 36.1 Å². The molecule has 1 heterocycles. The maximum absolute atomic E-state index is 3.83. The van der Waals surface area contributed by atoms with E-state index in [1.54, 1.807) is 0 Å². The fraction of sp³-hybridized carbons (Fsp3) is 0.128. The van der Waals surface area contributed by atoms with Gasteiger partial charge in [-0.1, -0.05) is 140 Å². The summed E-state index contributed by atoms with van der Waals surface area (Å²) in [5.74, 6) is 0. The van der Waals surface area contributed by atoms with Gasteiger partial charge in [0, 0.05) is 22.4 Å². The van der Waals surface area contributed by atoms with Crippen LogP contribution < -0.4 is 16.0 Å². The lowest BCUT2D eigenvalue weighted by Crippen LogP contribution is -2.48. The minimum absolute atomic E-state index is 0.0194. The van der Waals surface area contributed by atoms with Crippen molar-refractivity contribution in [3.63, 3.8) is 0 Å². The van der Waals surface area contributed by atoms with E-state index < -0.39 is 0 Å². The number of allylic oxidation sites excluding steroid dienone is 4. The first-order valence-corrected chi connectivity index (χ1v) is 14.7. The van der Waals surface area contributed by atoms with Gasteiger partial charge < -0.3 is 10.6 Å². The van der Waals surface area contributed by atoms with E-state index in [9.17, 15) is 0 Å². The fourth-order valence-electron chi connectivity index (χ4n) is 6.19. The monoisotopic (exact) mass is 545 g/mol. The van der Waals surface area contributed by atoms with Gasteiger partial charge in [-0.25, -0.2) is 0 Å². The third-order valence-corrected chi connectivity index (χ3v) is 8.55. The largest absolute Gasteiger partial charge is 0.353 e. The Labute approximate surface area is 248 Å². The molecule has 5 aromatic carbocycles. The van der Waals surface area contributed by atoms with E-state index in [1.165, 1.54) is 38.9 Å². The normalized spacial score (nSPS) is 20.9. The van der Waals surface area contributed by atoms with Crippen molar-refractivity contribution < 1.29 is 0 Å². The molecule has 0 saturated carbocycles. The number of para-hydroxylation sites is 1. The first-order valence-electron chi connectivity index (χ1n) is 14.7. The number of hydrogen-bond acceptors (Lipinski definition) is 3. The highest BCUT2D eigenvalue weighted by Gasteiger charge is 2.28. The summed E-state index contributed by atoms with van der Waals surface area (Å²) < 4.78 is 0. The highest BCUT2D eigenvalue weighted by molar-refractivity contribution is 5.84. The highest BCUT2D eigenvalue weighted by atomic mass is 15.3. The van der Waals surface area contributed by atoms with Gasteiger partial charge in [-0.2, -0.15) is 0 Å². The summed E-state index contributed by atoms with van der Waals surface area (Å²) in [6.45, 7) is 2.32. The van der Waals surface area contributed by atoms with Crippen molar-refractivity contribution in [2.45, 2.75) is 31.1 Å². The van der Waals surface area contributed by atoms with Gasteiger partial charge in [0.05, 0.1) is 6.04 Å². The molecule has 1 aliphatic heterocycles. The second-order valence-corrected chi connectivity index (χ2v) is 11.4. The summed E-state index contributed by atoms with van der Waals surface area (Å²) >= 11 is 0. The molecule has 5 aromatic rings. The average molecular weight is 546 g/mol. The second-order valence-electron chi connectivity index (χ2n) is 11.4. The third-order valence-electron chi connectivity index (χ3n) is 8.55. The Bertz CT molecular complexity index is 1760. The van der Waals surface area contributed by atoms with E-state index in [-0.39, 0.29) is 17.7 Å². The lowest BCUT2D eigenvalue weighted by molar-refractivity contribution is 0.527. The SMILES string of the molecule is CC1(c2cccc(-c3cc(-c4ccccc4)ccc3NC3Nc4ccccc4C(c4ccccc4)N3)c2)C=CC=CC1. The topological polar surface area (TPSA) is 36.1 Å². The zero-order chi connectivity index (χ0) is 28.4. The molecular formula is C39H35N3. The van der Waals surface area contributed by atoms with E-state index in [0.29, 0.717) is 0 Å². The van der Waals surface area contributed by atoms with Crippen molar-refractivity contribution >= 4 is 11.4 Å². The van der Waals surface area contributed by atoms with Crippen LogP contribution in [-0.2, 0) is 5.41 Å². The number of hydrogen-bond donors (Lipinski definition) is 3. The predicted octanol–water partition coefficient (Wildman–Crippen LogP) is 9.29. The molecule has 0 bridgehead atoms. The number of anilines is 2. The minimum Gasteiger partial charge on any atom is -0.353 e. The Morgan fingerprint density at radius 1 is 0.690 bits per heavy atom. The van der Waals surface area contributed by atoms with Gasteiger partial charge in [0.25, 0.3) is 0 Å². The summed E-state index contributed by atoms with van der Waals surface area (Å²) in [5.41, 5.74) is 10.8. The standard InChI is InChI=1S/C39H35N3/c1-39(24-11-4-12-25-39)32-19-13-18-31(26-32)34-27-30(28-14-5-2-6-15-28)22-23-36(34)41-38-40-35-21-10-9-20-33(35)37(42-38)29-16-7-3-8-17-29/h2-24,26-27,37-38,40-42H,25H2,1H3. The third kappa shape index (κ3) is 5.15. The maximum atomic E-state index is 3.83. The summed E-state index contributed by atoms with van der Waals surface area (Å²) in [5, 5.41) is 11.4. The van der Waals surface area contributed by atoms with Crippen molar-refractivity contribution in [1.29, 1.82) is 0 Å². The molecule has 42 heavy (non-hydrogen) atoms. The molecule has 0 aromatic heterocycles. The molecule has 1 aliphatic carbocycles. The Kier molecular flexibility index (Phi) is 6.95. The van der Waals surface area contributed by atoms with E-state index >= 15 is 0 Å². The zero-order valence-electron chi connectivity index (χ0n) is 23.8. The van der Waals surface area contributed by atoms with Gasteiger partial charge in [-0.15, -0.1) is 0 Å². The molecule has 206 valence electrons. The van der Waals surface area contributed by atoms with Crippen LogP contribution in [0.5, 0.6) is 0 Å². The van der Waals surface area contributed by atoms with E-state index in [4.69, 9.17) is 0 Å².